The molecule has 2 aliphatic rings. The highest BCUT2D eigenvalue weighted by atomic mass is 32.2. The van der Waals surface area contributed by atoms with Gasteiger partial charge in [0, 0.05) is 32.9 Å². The molecule has 2 aliphatic heterocycles. The molecule has 4 rings (SSSR count). The number of aromatic amines is 1. The molecule has 2 saturated heterocycles. The molecule has 4 heterocycles. The lowest BCUT2D eigenvalue weighted by Gasteiger charge is -2.30. The first-order chi connectivity index (χ1) is 12.9. The van der Waals surface area contributed by atoms with E-state index in [0.29, 0.717) is 19.5 Å². The van der Waals surface area contributed by atoms with Crippen LogP contribution in [0.25, 0.3) is 11.0 Å². The molecule has 1 N–H and O–H groups in total. The number of hydrogen-bond donors (Lipinski definition) is 1. The van der Waals surface area contributed by atoms with Gasteiger partial charge in [-0.2, -0.15) is 4.31 Å². The van der Waals surface area contributed by atoms with Crippen molar-refractivity contribution in [2.75, 3.05) is 37.8 Å². The van der Waals surface area contributed by atoms with Crippen LogP contribution >= 0.6 is 0 Å². The minimum Gasteiger partial charge on any atom is -0.354 e. The highest BCUT2D eigenvalue weighted by molar-refractivity contribution is 7.88. The molecule has 0 aromatic carbocycles. The number of nitrogens with one attached hydrogen (secondary N) is 1. The summed E-state index contributed by atoms with van der Waals surface area (Å²) in [6.45, 7) is 1.89. The number of carbonyl (C=O) groups is 1. The van der Waals surface area contributed by atoms with Gasteiger partial charge in [0.05, 0.1) is 17.7 Å². The molecular weight excluding hydrogens is 368 g/mol. The summed E-state index contributed by atoms with van der Waals surface area (Å²) < 4.78 is 25.3. The molecule has 27 heavy (non-hydrogen) atoms. The maximum atomic E-state index is 13.0. The van der Waals surface area contributed by atoms with E-state index in [2.05, 4.69) is 19.9 Å². The topological polar surface area (TPSA) is 102 Å². The van der Waals surface area contributed by atoms with Crippen molar-refractivity contribution in [2.45, 2.75) is 31.3 Å². The lowest BCUT2D eigenvalue weighted by molar-refractivity contribution is -0.135. The van der Waals surface area contributed by atoms with Crippen LogP contribution in [-0.2, 0) is 14.8 Å². The van der Waals surface area contributed by atoms with Crippen LogP contribution in [0.3, 0.4) is 0 Å². The molecule has 146 valence electrons. The van der Waals surface area contributed by atoms with Crippen LogP contribution in [0, 0.1) is 0 Å². The van der Waals surface area contributed by atoms with E-state index in [0.717, 1.165) is 36.2 Å². The number of aromatic nitrogens is 3. The van der Waals surface area contributed by atoms with Gasteiger partial charge in [-0.15, -0.1) is 0 Å². The molecule has 10 heteroatoms. The summed E-state index contributed by atoms with van der Waals surface area (Å²) >= 11 is 0. The Hall–Kier alpha value is -2.20. The third kappa shape index (κ3) is 3.27. The number of amides is 1. The van der Waals surface area contributed by atoms with Gasteiger partial charge in [0.1, 0.15) is 23.8 Å². The second-order valence-electron chi connectivity index (χ2n) is 7.31. The first-order valence-corrected chi connectivity index (χ1v) is 11.0. The monoisotopic (exact) mass is 392 g/mol. The Bertz CT molecular complexity index is 958. The fourth-order valence-corrected chi connectivity index (χ4v) is 5.28. The fraction of sp³-hybridized carbons (Fsp3) is 0.588. The molecule has 2 aromatic rings. The number of fused-ring (bicyclic) bond motifs is 1. The van der Waals surface area contributed by atoms with Crippen molar-refractivity contribution < 1.29 is 13.2 Å². The minimum absolute atomic E-state index is 0.0310. The summed E-state index contributed by atoms with van der Waals surface area (Å²) in [5.41, 5.74) is 0.794. The van der Waals surface area contributed by atoms with Crippen LogP contribution < -0.4 is 4.90 Å². The molecule has 0 bridgehead atoms. The lowest BCUT2D eigenvalue weighted by atomic mass is 10.1. The van der Waals surface area contributed by atoms with Gasteiger partial charge in [-0.3, -0.25) is 4.79 Å². The Morgan fingerprint density at radius 1 is 1.30 bits per heavy atom. The van der Waals surface area contributed by atoms with Gasteiger partial charge >= 0.3 is 0 Å². The first kappa shape index (κ1) is 18.2. The second kappa shape index (κ2) is 6.75. The van der Waals surface area contributed by atoms with Crippen LogP contribution in [0.15, 0.2) is 18.6 Å². The van der Waals surface area contributed by atoms with Crippen molar-refractivity contribution >= 4 is 32.8 Å². The van der Waals surface area contributed by atoms with Crippen molar-refractivity contribution in [2.24, 2.45) is 0 Å². The minimum atomic E-state index is -3.37. The summed E-state index contributed by atoms with van der Waals surface area (Å²) in [5, 5.41) is 0.964. The van der Waals surface area contributed by atoms with Gasteiger partial charge in [0.15, 0.2) is 0 Å². The van der Waals surface area contributed by atoms with E-state index in [4.69, 9.17) is 0 Å². The highest BCUT2D eigenvalue weighted by Gasteiger charge is 2.40. The maximum absolute atomic E-state index is 13.0. The average molecular weight is 392 g/mol. The zero-order chi connectivity index (χ0) is 19.2. The van der Waals surface area contributed by atoms with Crippen molar-refractivity contribution in [3.63, 3.8) is 0 Å². The fourth-order valence-electron chi connectivity index (χ4n) is 4.16. The van der Waals surface area contributed by atoms with Gasteiger partial charge in [0.25, 0.3) is 0 Å². The van der Waals surface area contributed by atoms with Crippen LogP contribution in [0.2, 0.25) is 0 Å². The van der Waals surface area contributed by atoms with Gasteiger partial charge in [-0.05, 0) is 25.3 Å². The Balaban J connectivity index is 1.48. The van der Waals surface area contributed by atoms with E-state index in [-0.39, 0.29) is 11.9 Å². The van der Waals surface area contributed by atoms with Crippen molar-refractivity contribution in [3.8, 4) is 0 Å². The summed E-state index contributed by atoms with van der Waals surface area (Å²) in [6, 6.07) is 1.41. The number of hydrogen-bond acceptors (Lipinski definition) is 6. The number of nitrogens with zero attached hydrogens (tertiary/aromatic N) is 5. The summed E-state index contributed by atoms with van der Waals surface area (Å²) in [5.74, 6) is 0.752. The van der Waals surface area contributed by atoms with E-state index >= 15 is 0 Å². The van der Waals surface area contributed by atoms with Crippen molar-refractivity contribution in [1.82, 2.24) is 24.2 Å². The van der Waals surface area contributed by atoms with Gasteiger partial charge in [-0.25, -0.2) is 18.4 Å². The molecule has 2 atom stereocenters. The quantitative estimate of drug-likeness (QED) is 0.809. The zero-order valence-electron chi connectivity index (χ0n) is 15.5. The van der Waals surface area contributed by atoms with Crippen LogP contribution in [0.1, 0.15) is 19.3 Å². The SMILES string of the molecule is CN(C(=O)C1CCCN1S(C)(=O)=O)C1CCN(c2ncnc3[nH]ccc23)C1. The number of H-pyrrole nitrogens is 1. The third-order valence-corrected chi connectivity index (χ3v) is 6.89. The van der Waals surface area contributed by atoms with Gasteiger partial charge in [0.2, 0.25) is 15.9 Å². The molecule has 0 radical (unpaired) electrons. The molecule has 1 amide bonds. The lowest BCUT2D eigenvalue weighted by Crippen LogP contribution is -2.49. The van der Waals surface area contributed by atoms with Crippen LogP contribution in [-0.4, -0.2) is 83.5 Å². The Kier molecular flexibility index (Phi) is 4.55. The van der Waals surface area contributed by atoms with E-state index in [1.54, 1.807) is 18.3 Å². The zero-order valence-corrected chi connectivity index (χ0v) is 16.3. The molecule has 2 fully saturated rings. The largest absolute Gasteiger partial charge is 0.354 e. The summed E-state index contributed by atoms with van der Waals surface area (Å²) in [7, 11) is -1.59. The van der Waals surface area contributed by atoms with Gasteiger partial charge in [-0.1, -0.05) is 0 Å². The number of rotatable bonds is 4. The molecule has 0 saturated carbocycles. The Labute approximate surface area is 158 Å². The average Bonchev–Trinajstić information content (AvgIpc) is 3.38. The van der Waals surface area contributed by atoms with E-state index < -0.39 is 16.1 Å². The molecule has 2 unspecified atom stereocenters. The Morgan fingerprint density at radius 2 is 2.11 bits per heavy atom. The Morgan fingerprint density at radius 3 is 2.89 bits per heavy atom. The smallest absolute Gasteiger partial charge is 0.241 e. The summed E-state index contributed by atoms with van der Waals surface area (Å²) in [4.78, 5) is 28.6. The molecule has 0 spiro atoms. The summed E-state index contributed by atoms with van der Waals surface area (Å²) in [6.07, 6.45) is 6.69. The van der Waals surface area contributed by atoms with Gasteiger partial charge < -0.3 is 14.8 Å². The highest BCUT2D eigenvalue weighted by Crippen LogP contribution is 2.28. The van der Waals surface area contributed by atoms with Crippen LogP contribution in [0.5, 0.6) is 0 Å². The van der Waals surface area contributed by atoms with Crippen LogP contribution in [0.4, 0.5) is 5.82 Å². The third-order valence-electron chi connectivity index (χ3n) is 5.61. The normalized spacial score (nSPS) is 24.0. The molecular formula is C17H24N6O3S. The predicted octanol–water partition coefficient (Wildman–Crippen LogP) is 0.419. The number of anilines is 1. The van der Waals surface area contributed by atoms with E-state index in [9.17, 15) is 13.2 Å². The maximum Gasteiger partial charge on any atom is 0.241 e. The molecule has 2 aromatic heterocycles. The number of likely N-dealkylation sites (N-methyl/N-ethyl adjacent to an activating group) is 1. The van der Waals surface area contributed by atoms with E-state index in [1.807, 2.05) is 12.3 Å². The van der Waals surface area contributed by atoms with Crippen molar-refractivity contribution in [1.29, 1.82) is 0 Å². The first-order valence-electron chi connectivity index (χ1n) is 9.13. The number of sulfonamides is 1. The standard InChI is InChI=1S/C17H24N6O3S/c1-21(17(24)14-4-3-8-23(14)27(2,25)26)12-6-9-22(10-12)16-13-5-7-18-15(13)19-11-20-16/h5,7,11-12,14H,3-4,6,8-10H2,1-2H3,(H,18,19,20). The van der Waals surface area contributed by atoms with E-state index in [1.165, 1.54) is 10.6 Å². The number of carbonyl (C=O) groups excluding carboxylic acids is 1. The predicted molar refractivity (Wildman–Crippen MR) is 102 cm³/mol. The molecule has 0 aliphatic carbocycles. The molecule has 9 nitrogen and oxygen atoms in total. The second-order valence-corrected chi connectivity index (χ2v) is 9.24. The van der Waals surface area contributed by atoms with Crippen molar-refractivity contribution in [3.05, 3.63) is 18.6 Å².